The van der Waals surface area contributed by atoms with Crippen LogP contribution in [-0.4, -0.2) is 39.9 Å². The smallest absolute Gasteiger partial charge is 0.250 e. The first-order valence-corrected chi connectivity index (χ1v) is 9.04. The summed E-state index contributed by atoms with van der Waals surface area (Å²) in [5.41, 5.74) is 1.22. The van der Waals surface area contributed by atoms with E-state index in [1.165, 1.54) is 38.1 Å². The minimum Gasteiger partial charge on any atom is -0.463 e. The summed E-state index contributed by atoms with van der Waals surface area (Å²) < 4.78 is 40.6. The zero-order valence-electron chi connectivity index (χ0n) is 13.5. The molecule has 4 nitrogen and oxygen atoms in total. The summed E-state index contributed by atoms with van der Waals surface area (Å²) in [6, 6.07) is 3.21. The maximum absolute atomic E-state index is 13.1. The van der Waals surface area contributed by atoms with E-state index in [0.717, 1.165) is 30.0 Å². The third kappa shape index (κ3) is 3.65. The predicted octanol–water partition coefficient (Wildman–Crippen LogP) is 3.06. The second kappa shape index (κ2) is 7.06. The highest BCUT2D eigenvalue weighted by molar-refractivity contribution is 6.99. The Bertz CT molecular complexity index is 801. The molecule has 2 bridgehead atoms. The topological polar surface area (TPSA) is 38.3 Å². The molecule has 0 amide bonds. The molecule has 4 heterocycles. The van der Waals surface area contributed by atoms with Crippen LogP contribution in [0.1, 0.15) is 30.0 Å². The van der Waals surface area contributed by atoms with E-state index >= 15 is 0 Å². The molecule has 3 aliphatic rings. The lowest BCUT2D eigenvalue weighted by Gasteiger charge is -2.44. The highest BCUT2D eigenvalue weighted by atomic mass is 32.1. The van der Waals surface area contributed by atoms with E-state index in [2.05, 4.69) is 25.5 Å². The lowest BCUT2D eigenvalue weighted by molar-refractivity contribution is 0.0843. The van der Waals surface area contributed by atoms with Gasteiger partial charge in [0.05, 0.1) is 11.7 Å². The molecule has 0 saturated carbocycles. The van der Waals surface area contributed by atoms with Gasteiger partial charge in [0, 0.05) is 24.1 Å². The fourth-order valence-electron chi connectivity index (χ4n) is 3.66. The van der Waals surface area contributed by atoms with E-state index in [4.69, 9.17) is 4.74 Å². The van der Waals surface area contributed by atoms with Gasteiger partial charge in [-0.3, -0.25) is 0 Å². The first-order valence-electron chi connectivity index (χ1n) is 8.31. The number of hydrogen-bond acceptors (Lipinski definition) is 5. The Morgan fingerprint density at radius 2 is 1.92 bits per heavy atom. The molecule has 7 heteroatoms. The molecule has 0 N–H and O–H groups in total. The van der Waals surface area contributed by atoms with Gasteiger partial charge in [0.2, 0.25) is 5.88 Å². The summed E-state index contributed by atoms with van der Waals surface area (Å²) in [7, 11) is 0. The molecular formula is C18H17F2N3OS. The standard InChI is InChI=1S/C18H17F2N3OS/c19-14-8-12(9-15(20)10-14)2-1-7-24-18-17(21-25-22-18)16-11-23-5-3-13(16)4-6-23/h8-10,13,16H,3-7,11H2/t16-/m1/s1. The number of piperidine rings is 3. The number of aromatic nitrogens is 2. The Balaban J connectivity index is 1.41. The van der Waals surface area contributed by atoms with Crippen LogP contribution in [0.3, 0.4) is 0 Å². The number of ether oxygens (including phenoxy) is 1. The summed E-state index contributed by atoms with van der Waals surface area (Å²) in [6.07, 6.45) is 2.40. The van der Waals surface area contributed by atoms with Gasteiger partial charge in [0.1, 0.15) is 17.3 Å². The molecule has 1 aromatic carbocycles. The third-order valence-corrected chi connectivity index (χ3v) is 5.39. The summed E-state index contributed by atoms with van der Waals surface area (Å²) in [4.78, 5) is 2.46. The van der Waals surface area contributed by atoms with Crippen molar-refractivity contribution in [3.8, 4) is 17.7 Å². The second-order valence-electron chi connectivity index (χ2n) is 6.45. The lowest BCUT2D eigenvalue weighted by Crippen LogP contribution is -2.46. The van der Waals surface area contributed by atoms with Gasteiger partial charge in [-0.05, 0) is 44.0 Å². The maximum Gasteiger partial charge on any atom is 0.250 e. The van der Waals surface area contributed by atoms with Gasteiger partial charge in [-0.2, -0.15) is 4.37 Å². The highest BCUT2D eigenvalue weighted by Gasteiger charge is 2.38. The van der Waals surface area contributed by atoms with Gasteiger partial charge in [-0.25, -0.2) is 8.78 Å². The van der Waals surface area contributed by atoms with E-state index in [9.17, 15) is 8.78 Å². The van der Waals surface area contributed by atoms with Crippen molar-refractivity contribution in [1.29, 1.82) is 0 Å². The lowest BCUT2D eigenvalue weighted by atomic mass is 9.77. The number of halogens is 2. The number of nitrogens with zero attached hydrogens (tertiary/aromatic N) is 3. The van der Waals surface area contributed by atoms with Gasteiger partial charge in [0.25, 0.3) is 0 Å². The summed E-state index contributed by atoms with van der Waals surface area (Å²) >= 11 is 1.15. The molecule has 2 aromatic rings. The Morgan fingerprint density at radius 1 is 1.16 bits per heavy atom. The van der Waals surface area contributed by atoms with Gasteiger partial charge in [-0.15, -0.1) is 4.37 Å². The van der Waals surface area contributed by atoms with Gasteiger partial charge in [-0.1, -0.05) is 11.8 Å². The van der Waals surface area contributed by atoms with E-state index < -0.39 is 11.6 Å². The average Bonchev–Trinajstić information content (AvgIpc) is 3.07. The van der Waals surface area contributed by atoms with E-state index in [0.29, 0.717) is 17.7 Å². The molecule has 1 aromatic heterocycles. The van der Waals surface area contributed by atoms with Crippen molar-refractivity contribution in [1.82, 2.24) is 13.6 Å². The Morgan fingerprint density at radius 3 is 2.60 bits per heavy atom. The van der Waals surface area contributed by atoms with Crippen LogP contribution < -0.4 is 4.74 Å². The number of benzene rings is 1. The zero-order chi connectivity index (χ0) is 17.2. The molecular weight excluding hydrogens is 344 g/mol. The van der Waals surface area contributed by atoms with E-state index in [-0.39, 0.29) is 12.2 Å². The van der Waals surface area contributed by atoms with E-state index in [1.54, 1.807) is 0 Å². The molecule has 3 fully saturated rings. The van der Waals surface area contributed by atoms with Crippen LogP contribution in [0.15, 0.2) is 18.2 Å². The van der Waals surface area contributed by atoms with E-state index in [1.807, 2.05) is 0 Å². The number of rotatable bonds is 3. The maximum atomic E-state index is 13.1. The number of hydrogen-bond donors (Lipinski definition) is 0. The van der Waals surface area contributed by atoms with Crippen molar-refractivity contribution in [2.24, 2.45) is 5.92 Å². The van der Waals surface area contributed by atoms with Gasteiger partial charge in [0.15, 0.2) is 6.61 Å². The Kier molecular flexibility index (Phi) is 4.64. The average molecular weight is 361 g/mol. The summed E-state index contributed by atoms with van der Waals surface area (Å²) in [5.74, 6) is 5.78. The minimum atomic E-state index is -0.640. The van der Waals surface area contributed by atoms with Crippen molar-refractivity contribution in [3.63, 3.8) is 0 Å². The van der Waals surface area contributed by atoms with Crippen molar-refractivity contribution in [2.45, 2.75) is 18.8 Å². The largest absolute Gasteiger partial charge is 0.463 e. The van der Waals surface area contributed by atoms with Crippen molar-refractivity contribution in [3.05, 3.63) is 41.1 Å². The Labute approximate surface area is 149 Å². The van der Waals surface area contributed by atoms with Crippen LogP contribution >= 0.6 is 11.7 Å². The molecule has 3 saturated heterocycles. The Hall–Kier alpha value is -2.04. The van der Waals surface area contributed by atoms with Crippen molar-refractivity contribution < 1.29 is 13.5 Å². The van der Waals surface area contributed by atoms with Crippen molar-refractivity contribution >= 4 is 11.7 Å². The molecule has 0 unspecified atom stereocenters. The quantitative estimate of drug-likeness (QED) is 0.788. The molecule has 3 aliphatic heterocycles. The normalized spacial score (nSPS) is 24.6. The summed E-state index contributed by atoms with van der Waals surface area (Å²) in [6.45, 7) is 3.47. The molecule has 1 atom stereocenters. The SMILES string of the molecule is Fc1cc(F)cc(C#CCOc2nsnc2[C@@H]2CN3CCC2CC3)c1. The molecule has 130 valence electrons. The number of fused-ring (bicyclic) bond motifs is 3. The fraction of sp³-hybridized carbons (Fsp3) is 0.444. The summed E-state index contributed by atoms with van der Waals surface area (Å²) in [5, 5.41) is 0. The van der Waals surface area contributed by atoms with Crippen LogP contribution in [0.4, 0.5) is 8.78 Å². The van der Waals surface area contributed by atoms with Crippen LogP contribution in [-0.2, 0) is 0 Å². The molecule has 0 spiro atoms. The monoisotopic (exact) mass is 361 g/mol. The van der Waals surface area contributed by atoms with Gasteiger partial charge < -0.3 is 9.64 Å². The molecule has 25 heavy (non-hydrogen) atoms. The predicted molar refractivity (Wildman–Crippen MR) is 90.5 cm³/mol. The zero-order valence-corrected chi connectivity index (χ0v) is 14.4. The van der Waals surface area contributed by atoms with Crippen LogP contribution in [0.5, 0.6) is 5.88 Å². The van der Waals surface area contributed by atoms with Crippen molar-refractivity contribution in [2.75, 3.05) is 26.2 Å². The minimum absolute atomic E-state index is 0.109. The third-order valence-electron chi connectivity index (χ3n) is 4.87. The van der Waals surface area contributed by atoms with Crippen LogP contribution in [0, 0.1) is 29.4 Å². The van der Waals surface area contributed by atoms with Crippen LogP contribution in [0.2, 0.25) is 0 Å². The molecule has 0 aliphatic carbocycles. The fourth-order valence-corrected chi connectivity index (χ4v) is 4.22. The first kappa shape index (κ1) is 16.4. The molecule has 0 radical (unpaired) electrons. The second-order valence-corrected chi connectivity index (χ2v) is 6.98. The molecule has 5 rings (SSSR count). The van der Waals surface area contributed by atoms with Crippen LogP contribution in [0.25, 0.3) is 0 Å². The highest BCUT2D eigenvalue weighted by Crippen LogP contribution is 2.41. The first-order chi connectivity index (χ1) is 12.2. The van der Waals surface area contributed by atoms with Gasteiger partial charge >= 0.3 is 0 Å².